The topological polar surface area (TPSA) is 32.7 Å². The molecule has 0 saturated heterocycles. The molecule has 0 aromatic rings. The lowest BCUT2D eigenvalue weighted by atomic mass is 10.2. The van der Waals surface area contributed by atoms with Gasteiger partial charge in [-0.3, -0.25) is 4.90 Å². The van der Waals surface area contributed by atoms with Crippen molar-refractivity contribution in [2.24, 2.45) is 0 Å². The van der Waals surface area contributed by atoms with Crippen molar-refractivity contribution in [1.29, 1.82) is 0 Å². The highest BCUT2D eigenvalue weighted by Gasteiger charge is 2.23. The van der Waals surface area contributed by atoms with Gasteiger partial charge in [0.15, 0.2) is 0 Å². The number of aliphatic hydroxyl groups excluding tert-OH is 1. The molecule has 0 aliphatic rings. The minimum Gasteiger partial charge on any atom is -0.395 e. The van der Waals surface area contributed by atoms with Crippen molar-refractivity contribution in [3.63, 3.8) is 0 Å². The van der Waals surface area contributed by atoms with Crippen LogP contribution in [0.5, 0.6) is 0 Å². The minimum absolute atomic E-state index is 0.133. The van der Waals surface area contributed by atoms with Crippen molar-refractivity contribution < 1.29 is 9.84 Å². The van der Waals surface area contributed by atoms with E-state index < -0.39 is 0 Å². The van der Waals surface area contributed by atoms with Gasteiger partial charge in [-0.1, -0.05) is 0 Å². The molecule has 0 heterocycles. The highest BCUT2D eigenvalue weighted by molar-refractivity contribution is 7.80. The summed E-state index contributed by atoms with van der Waals surface area (Å²) in [5.74, 6) is 0. The summed E-state index contributed by atoms with van der Waals surface area (Å²) in [4.78, 5) is 2.03. The third kappa shape index (κ3) is 5.86. The van der Waals surface area contributed by atoms with Crippen molar-refractivity contribution in [2.45, 2.75) is 44.8 Å². The zero-order valence-electron chi connectivity index (χ0n) is 9.82. The van der Waals surface area contributed by atoms with Crippen LogP contribution in [-0.2, 0) is 4.74 Å². The molecule has 14 heavy (non-hydrogen) atoms. The number of hydrogen-bond acceptors (Lipinski definition) is 4. The molecule has 0 bridgehead atoms. The van der Waals surface area contributed by atoms with E-state index in [0.29, 0.717) is 6.54 Å². The van der Waals surface area contributed by atoms with E-state index in [1.807, 2.05) is 39.6 Å². The molecule has 0 amide bonds. The van der Waals surface area contributed by atoms with Gasteiger partial charge in [-0.25, -0.2) is 0 Å². The third-order valence-electron chi connectivity index (χ3n) is 2.03. The van der Waals surface area contributed by atoms with Crippen LogP contribution < -0.4 is 0 Å². The fourth-order valence-corrected chi connectivity index (χ4v) is 1.58. The van der Waals surface area contributed by atoms with E-state index in [1.165, 1.54) is 0 Å². The fourth-order valence-electron chi connectivity index (χ4n) is 1.04. The van der Waals surface area contributed by atoms with Crippen LogP contribution in [0, 0.1) is 0 Å². The van der Waals surface area contributed by atoms with Gasteiger partial charge in [-0.2, -0.15) is 0 Å². The van der Waals surface area contributed by atoms with E-state index in [0.717, 1.165) is 0 Å². The first-order chi connectivity index (χ1) is 6.28. The molecule has 4 heteroatoms. The minimum atomic E-state index is -0.180. The molecule has 1 unspecified atom stereocenters. The molecular weight excluding hydrogens is 198 g/mol. The second-order valence-corrected chi connectivity index (χ2v) is 5.07. The summed E-state index contributed by atoms with van der Waals surface area (Å²) in [6.07, 6.45) is 0. The van der Waals surface area contributed by atoms with Crippen molar-refractivity contribution in [2.75, 3.05) is 20.2 Å². The normalized spacial score (nSPS) is 17.1. The second-order valence-electron chi connectivity index (χ2n) is 4.57. The molecule has 0 radical (unpaired) electrons. The Morgan fingerprint density at radius 1 is 1.43 bits per heavy atom. The maximum atomic E-state index is 8.79. The largest absolute Gasteiger partial charge is 0.395 e. The quantitative estimate of drug-likeness (QED) is 0.543. The first-order valence-electron chi connectivity index (χ1n) is 4.95. The van der Waals surface area contributed by atoms with Gasteiger partial charge in [-0.15, -0.1) is 12.6 Å². The van der Waals surface area contributed by atoms with Crippen molar-refractivity contribution in [3.8, 4) is 0 Å². The summed E-state index contributed by atoms with van der Waals surface area (Å²) >= 11 is 4.41. The maximum absolute atomic E-state index is 8.79. The van der Waals surface area contributed by atoms with Crippen molar-refractivity contribution in [1.82, 2.24) is 4.90 Å². The SMILES string of the molecule is C[C@H](C(S)OC(C)(C)C)N(C)CCO. The highest BCUT2D eigenvalue weighted by atomic mass is 32.1. The van der Waals surface area contributed by atoms with Gasteiger partial charge >= 0.3 is 0 Å². The Bertz CT molecular complexity index is 159. The van der Waals surface area contributed by atoms with Crippen LogP contribution in [0.1, 0.15) is 27.7 Å². The lowest BCUT2D eigenvalue weighted by Gasteiger charge is -2.33. The Hall–Kier alpha value is 0.230. The predicted molar refractivity (Wildman–Crippen MR) is 62.8 cm³/mol. The van der Waals surface area contributed by atoms with E-state index in [9.17, 15) is 0 Å². The second kappa shape index (κ2) is 5.95. The summed E-state index contributed by atoms with van der Waals surface area (Å²) in [5.41, 5.74) is -0.313. The molecule has 0 fully saturated rings. The van der Waals surface area contributed by atoms with Crippen molar-refractivity contribution >= 4 is 12.6 Å². The van der Waals surface area contributed by atoms with Gasteiger partial charge in [0.05, 0.1) is 12.2 Å². The molecule has 86 valence electrons. The molecule has 0 saturated carbocycles. The van der Waals surface area contributed by atoms with Gasteiger partial charge in [-0.05, 0) is 34.7 Å². The Balaban J connectivity index is 4.04. The molecule has 1 N–H and O–H groups in total. The lowest BCUT2D eigenvalue weighted by molar-refractivity contribution is -0.0470. The Morgan fingerprint density at radius 2 is 1.93 bits per heavy atom. The molecule has 0 rings (SSSR count). The zero-order chi connectivity index (χ0) is 11.4. The number of ether oxygens (including phenoxy) is 1. The average Bonchev–Trinajstić information content (AvgIpc) is 2.00. The smallest absolute Gasteiger partial charge is 0.116 e. The summed E-state index contributed by atoms with van der Waals surface area (Å²) < 4.78 is 5.71. The maximum Gasteiger partial charge on any atom is 0.116 e. The summed E-state index contributed by atoms with van der Waals surface area (Å²) in [7, 11) is 1.95. The van der Waals surface area contributed by atoms with Crippen LogP contribution in [0.2, 0.25) is 0 Å². The summed E-state index contributed by atoms with van der Waals surface area (Å²) in [5, 5.41) is 8.79. The first-order valence-corrected chi connectivity index (χ1v) is 5.46. The standard InChI is InChI=1S/C10H23NO2S/c1-8(11(5)6-7-12)9(14)13-10(2,3)4/h8-9,12,14H,6-7H2,1-5H3/t8-,9?/m1/s1. The van der Waals surface area contributed by atoms with Gasteiger partial charge < -0.3 is 9.84 Å². The number of thiol groups is 1. The van der Waals surface area contributed by atoms with E-state index >= 15 is 0 Å². The molecule has 0 aliphatic heterocycles. The van der Waals surface area contributed by atoms with E-state index in [1.54, 1.807) is 0 Å². The number of aliphatic hydroxyl groups is 1. The average molecular weight is 221 g/mol. The number of likely N-dealkylation sites (N-methyl/N-ethyl adjacent to an activating group) is 1. The third-order valence-corrected chi connectivity index (χ3v) is 2.57. The Labute approximate surface area is 92.8 Å². The number of hydrogen-bond donors (Lipinski definition) is 2. The number of nitrogens with zero attached hydrogens (tertiary/aromatic N) is 1. The van der Waals surface area contributed by atoms with Crippen LogP contribution in [0.3, 0.4) is 0 Å². The van der Waals surface area contributed by atoms with Crippen molar-refractivity contribution in [3.05, 3.63) is 0 Å². The van der Waals surface area contributed by atoms with Crippen LogP contribution in [0.15, 0.2) is 0 Å². The van der Waals surface area contributed by atoms with Crippen LogP contribution in [-0.4, -0.2) is 47.3 Å². The molecule has 2 atom stereocenters. The predicted octanol–water partition coefficient (Wildman–Crippen LogP) is 1.37. The molecule has 0 aliphatic carbocycles. The lowest BCUT2D eigenvalue weighted by Crippen LogP contribution is -2.42. The Morgan fingerprint density at radius 3 is 2.29 bits per heavy atom. The van der Waals surface area contributed by atoms with Gasteiger partial charge in [0.2, 0.25) is 0 Å². The van der Waals surface area contributed by atoms with Crippen LogP contribution >= 0.6 is 12.6 Å². The van der Waals surface area contributed by atoms with Gasteiger partial charge in [0.25, 0.3) is 0 Å². The first kappa shape index (κ1) is 14.2. The van der Waals surface area contributed by atoms with E-state index in [2.05, 4.69) is 12.6 Å². The molecule has 0 aromatic carbocycles. The summed E-state index contributed by atoms with van der Waals surface area (Å²) in [6.45, 7) is 8.88. The molecule has 0 spiro atoms. The monoisotopic (exact) mass is 221 g/mol. The fraction of sp³-hybridized carbons (Fsp3) is 1.00. The Kier molecular flexibility index (Phi) is 6.05. The van der Waals surface area contributed by atoms with Crippen LogP contribution in [0.4, 0.5) is 0 Å². The van der Waals surface area contributed by atoms with E-state index in [4.69, 9.17) is 9.84 Å². The molecular formula is C10H23NO2S. The van der Waals surface area contributed by atoms with E-state index in [-0.39, 0.29) is 23.7 Å². The summed E-state index contributed by atoms with van der Waals surface area (Å²) in [6, 6.07) is 0.185. The number of rotatable bonds is 5. The zero-order valence-corrected chi connectivity index (χ0v) is 10.7. The molecule has 0 aromatic heterocycles. The van der Waals surface area contributed by atoms with Gasteiger partial charge in [0.1, 0.15) is 5.44 Å². The van der Waals surface area contributed by atoms with Gasteiger partial charge in [0, 0.05) is 12.6 Å². The molecule has 3 nitrogen and oxygen atoms in total. The highest BCUT2D eigenvalue weighted by Crippen LogP contribution is 2.18. The van der Waals surface area contributed by atoms with Crippen LogP contribution in [0.25, 0.3) is 0 Å².